The Bertz CT molecular complexity index is 831. The Morgan fingerprint density at radius 3 is 1.22 bits per heavy atom. The van der Waals surface area contributed by atoms with Gasteiger partial charge in [0, 0.05) is 67.7 Å². The molecule has 0 unspecified atom stereocenters. The van der Waals surface area contributed by atoms with Gasteiger partial charge in [0.2, 0.25) is 0 Å². The molecule has 0 radical (unpaired) electrons. The molecule has 4 nitrogen and oxygen atoms in total. The lowest BCUT2D eigenvalue weighted by Crippen LogP contribution is -2.55. The topological polar surface area (TPSA) is 37.5 Å². The second kappa shape index (κ2) is 8.04. The van der Waals surface area contributed by atoms with Gasteiger partial charge in [0.1, 0.15) is 0 Å². The molecule has 0 fully saturated rings. The third kappa shape index (κ3) is 4.17. The van der Waals surface area contributed by atoms with Crippen molar-refractivity contribution in [2.24, 2.45) is 0 Å². The van der Waals surface area contributed by atoms with E-state index in [1.807, 2.05) is 57.6 Å². The van der Waals surface area contributed by atoms with Gasteiger partial charge < -0.3 is 9.80 Å². The van der Waals surface area contributed by atoms with E-state index in [0.717, 1.165) is 5.56 Å². The largest absolute Gasteiger partial charge is 0.378 e. The summed E-state index contributed by atoms with van der Waals surface area (Å²) >= 11 is 0. The SMILES string of the molecule is CN(C)c1ccc(C(c2ccc([NH+]=O)cc2)c2ccc(N(C)C)cc2)cc1. The molecule has 0 aliphatic heterocycles. The van der Waals surface area contributed by atoms with E-state index < -0.39 is 0 Å². The monoisotopic (exact) mass is 360 g/mol. The van der Waals surface area contributed by atoms with Gasteiger partial charge in [0.05, 0.1) is 0 Å². The predicted octanol–water partition coefficient (Wildman–Crippen LogP) is 3.48. The van der Waals surface area contributed by atoms with Crippen molar-refractivity contribution >= 4 is 17.1 Å². The summed E-state index contributed by atoms with van der Waals surface area (Å²) in [7, 11) is 8.17. The van der Waals surface area contributed by atoms with Gasteiger partial charge in [-0.3, -0.25) is 0 Å². The van der Waals surface area contributed by atoms with Gasteiger partial charge in [-0.1, -0.05) is 36.4 Å². The summed E-state index contributed by atoms with van der Waals surface area (Å²) in [6.07, 6.45) is 0. The molecule has 4 heteroatoms. The zero-order valence-electron chi connectivity index (χ0n) is 16.3. The molecule has 1 N–H and O–H groups in total. The van der Waals surface area contributed by atoms with E-state index in [0.29, 0.717) is 5.69 Å². The Hall–Kier alpha value is -3.14. The van der Waals surface area contributed by atoms with E-state index >= 15 is 0 Å². The molecule has 27 heavy (non-hydrogen) atoms. The summed E-state index contributed by atoms with van der Waals surface area (Å²) in [5.74, 6) is 0.109. The lowest BCUT2D eigenvalue weighted by molar-refractivity contribution is -0.379. The van der Waals surface area contributed by atoms with Crippen molar-refractivity contribution in [1.82, 2.24) is 0 Å². The molecule has 0 heterocycles. The molecule has 0 aliphatic carbocycles. The molecule has 0 bridgehead atoms. The van der Waals surface area contributed by atoms with Crippen LogP contribution in [0.3, 0.4) is 0 Å². The van der Waals surface area contributed by atoms with Gasteiger partial charge in [-0.05, 0) is 41.0 Å². The van der Waals surface area contributed by atoms with Crippen molar-refractivity contribution in [3.8, 4) is 0 Å². The average Bonchev–Trinajstić information content (AvgIpc) is 2.69. The van der Waals surface area contributed by atoms with Gasteiger partial charge in [-0.2, -0.15) is 0 Å². The van der Waals surface area contributed by atoms with Gasteiger partial charge in [-0.15, -0.1) is 0 Å². The van der Waals surface area contributed by atoms with Crippen molar-refractivity contribution in [3.63, 3.8) is 0 Å². The molecular weight excluding hydrogens is 334 g/mol. The van der Waals surface area contributed by atoms with Crippen LogP contribution in [0.1, 0.15) is 22.6 Å². The first-order valence-electron chi connectivity index (χ1n) is 9.02. The summed E-state index contributed by atoms with van der Waals surface area (Å²) in [5.41, 5.74) is 6.52. The minimum atomic E-state index is 0.109. The van der Waals surface area contributed by atoms with E-state index in [1.54, 1.807) is 0 Å². The highest BCUT2D eigenvalue weighted by atomic mass is 16.3. The molecule has 0 aliphatic rings. The Balaban J connectivity index is 2.05. The van der Waals surface area contributed by atoms with Crippen molar-refractivity contribution in [2.45, 2.75) is 5.92 Å². The first-order chi connectivity index (χ1) is 13.0. The number of nitrogens with zero attached hydrogens (tertiary/aromatic N) is 2. The molecule has 0 amide bonds. The van der Waals surface area contributed by atoms with Gasteiger partial charge in [0.25, 0.3) is 5.69 Å². The Morgan fingerprint density at radius 2 is 0.926 bits per heavy atom. The first-order valence-corrected chi connectivity index (χ1v) is 9.02. The lowest BCUT2D eigenvalue weighted by atomic mass is 9.85. The molecule has 0 spiro atoms. The fourth-order valence-corrected chi connectivity index (χ4v) is 3.25. The number of anilines is 2. The second-order valence-corrected chi connectivity index (χ2v) is 7.13. The van der Waals surface area contributed by atoms with Crippen LogP contribution in [0, 0.1) is 4.91 Å². The minimum absolute atomic E-state index is 0.109. The lowest BCUT2D eigenvalue weighted by Gasteiger charge is -2.21. The van der Waals surface area contributed by atoms with Crippen LogP contribution in [-0.2, 0) is 0 Å². The summed E-state index contributed by atoms with van der Waals surface area (Å²) in [4.78, 5) is 15.1. The summed E-state index contributed by atoms with van der Waals surface area (Å²) in [5, 5.41) is 1.95. The van der Waals surface area contributed by atoms with Crippen molar-refractivity contribution < 1.29 is 5.18 Å². The summed E-state index contributed by atoms with van der Waals surface area (Å²) < 4.78 is 0. The highest BCUT2D eigenvalue weighted by Gasteiger charge is 2.18. The molecular formula is C23H26N3O+. The molecule has 0 aromatic heterocycles. The second-order valence-electron chi connectivity index (χ2n) is 7.13. The quantitative estimate of drug-likeness (QED) is 0.684. The van der Waals surface area contributed by atoms with Crippen LogP contribution in [0.4, 0.5) is 17.1 Å². The predicted molar refractivity (Wildman–Crippen MR) is 113 cm³/mol. The number of benzene rings is 3. The van der Waals surface area contributed by atoms with Crippen LogP contribution in [0.25, 0.3) is 0 Å². The van der Waals surface area contributed by atoms with Gasteiger partial charge >= 0.3 is 0 Å². The molecule has 138 valence electrons. The van der Waals surface area contributed by atoms with Crippen molar-refractivity contribution in [1.29, 1.82) is 0 Å². The third-order valence-electron chi connectivity index (χ3n) is 4.85. The molecule has 3 rings (SSSR count). The summed E-state index contributed by atoms with van der Waals surface area (Å²) in [6, 6.07) is 25.0. The normalized spacial score (nSPS) is 10.7. The Morgan fingerprint density at radius 1 is 0.593 bits per heavy atom. The molecule has 0 atom stereocenters. The van der Waals surface area contributed by atoms with E-state index in [-0.39, 0.29) is 5.92 Å². The van der Waals surface area contributed by atoms with Gasteiger partial charge in [0.15, 0.2) is 0 Å². The maximum absolute atomic E-state index is 10.9. The average molecular weight is 360 g/mol. The number of rotatable bonds is 6. The fraction of sp³-hybridized carbons (Fsp3) is 0.217. The minimum Gasteiger partial charge on any atom is -0.378 e. The Labute approximate surface area is 161 Å². The smallest absolute Gasteiger partial charge is 0.253 e. The van der Waals surface area contributed by atoms with Crippen LogP contribution >= 0.6 is 0 Å². The fourth-order valence-electron chi connectivity index (χ4n) is 3.25. The standard InChI is InChI=1S/C23H25N3O/c1-25(2)21-13-7-18(8-14-21)23(17-5-11-20(24-27)12-6-17)19-9-15-22(16-10-19)26(3)4/h5-16,23H,1-4H3/p+1. The molecule has 0 saturated carbocycles. The molecule has 3 aromatic carbocycles. The van der Waals surface area contributed by atoms with Crippen LogP contribution in [-0.4, -0.2) is 28.2 Å². The van der Waals surface area contributed by atoms with E-state index in [1.165, 1.54) is 22.5 Å². The molecule has 3 aromatic rings. The highest BCUT2D eigenvalue weighted by molar-refractivity contribution is 5.53. The van der Waals surface area contributed by atoms with Crippen molar-refractivity contribution in [3.05, 3.63) is 94.4 Å². The highest BCUT2D eigenvalue weighted by Crippen LogP contribution is 2.34. The van der Waals surface area contributed by atoms with E-state index in [4.69, 9.17) is 0 Å². The maximum atomic E-state index is 10.9. The van der Waals surface area contributed by atoms with Crippen LogP contribution in [0.5, 0.6) is 0 Å². The number of hydrogen-bond donors (Lipinski definition) is 1. The molecule has 0 saturated heterocycles. The van der Waals surface area contributed by atoms with Gasteiger partial charge in [-0.25, -0.2) is 0 Å². The Kier molecular flexibility index (Phi) is 5.55. The number of nitroso groups, excluding NO2 is 1. The maximum Gasteiger partial charge on any atom is 0.253 e. The van der Waals surface area contributed by atoms with Crippen LogP contribution in [0.2, 0.25) is 0 Å². The van der Waals surface area contributed by atoms with Crippen molar-refractivity contribution in [2.75, 3.05) is 38.0 Å². The van der Waals surface area contributed by atoms with Crippen LogP contribution < -0.4 is 15.0 Å². The summed E-state index contributed by atoms with van der Waals surface area (Å²) in [6.45, 7) is 0. The zero-order valence-corrected chi connectivity index (χ0v) is 16.3. The first kappa shape index (κ1) is 18.6. The third-order valence-corrected chi connectivity index (χ3v) is 4.85. The number of nitrogens with one attached hydrogen (secondary N) is 1. The van der Waals surface area contributed by atoms with E-state index in [9.17, 15) is 4.91 Å². The number of hydrogen-bond acceptors (Lipinski definition) is 3. The zero-order chi connectivity index (χ0) is 19.4. The van der Waals surface area contributed by atoms with Crippen LogP contribution in [0.15, 0.2) is 72.8 Å². The van der Waals surface area contributed by atoms with E-state index in [2.05, 4.69) is 58.3 Å².